The van der Waals surface area contributed by atoms with Crippen molar-refractivity contribution in [3.63, 3.8) is 0 Å². The van der Waals surface area contributed by atoms with Crippen LogP contribution in [0.2, 0.25) is 0 Å². The number of aliphatic hydroxyl groups is 2. The van der Waals surface area contributed by atoms with E-state index >= 15 is 0 Å². The summed E-state index contributed by atoms with van der Waals surface area (Å²) in [7, 11) is 1.00. The molecular formula is C10H10F14O5Rh. The van der Waals surface area contributed by atoms with Gasteiger partial charge in [-0.15, -0.1) is 0 Å². The van der Waals surface area contributed by atoms with Crippen molar-refractivity contribution in [2.24, 2.45) is 0 Å². The first-order chi connectivity index (χ1) is 12.5. The van der Waals surface area contributed by atoms with Crippen molar-refractivity contribution in [1.29, 1.82) is 0 Å². The topological polar surface area (TPSA) is 68.2 Å². The third-order valence-electron chi connectivity index (χ3n) is 2.11. The van der Waals surface area contributed by atoms with Gasteiger partial charge in [-0.05, 0) is 0 Å². The van der Waals surface area contributed by atoms with Gasteiger partial charge in [0.15, 0.2) is 0 Å². The van der Waals surface area contributed by atoms with Crippen molar-refractivity contribution in [2.45, 2.75) is 56.1 Å². The first-order valence-corrected chi connectivity index (χ1v) is 6.24. The van der Waals surface area contributed by atoms with Crippen LogP contribution in [0.15, 0.2) is 0 Å². The molecule has 0 fully saturated rings. The smallest absolute Gasteiger partial charge is 0.400 e. The average Bonchev–Trinajstić information content (AvgIpc) is 2.44. The molecule has 2 N–H and O–H groups in total. The fourth-order valence-corrected chi connectivity index (χ4v) is 0.851. The van der Waals surface area contributed by atoms with E-state index in [1.807, 2.05) is 4.74 Å². The molecule has 0 heterocycles. The van der Waals surface area contributed by atoms with Crippen LogP contribution in [0.1, 0.15) is 6.92 Å². The maximum Gasteiger partial charge on any atom is 0.453 e. The predicted molar refractivity (Wildman–Crippen MR) is 58.8 cm³/mol. The Morgan fingerprint density at radius 3 is 1.10 bits per heavy atom. The molecule has 0 saturated heterocycles. The summed E-state index contributed by atoms with van der Waals surface area (Å²) in [6, 6.07) is 0. The molecule has 0 aliphatic heterocycles. The second kappa shape index (κ2) is 10.8. The molecule has 0 aliphatic carbocycles. The van der Waals surface area contributed by atoms with Crippen LogP contribution in [0.4, 0.5) is 61.5 Å². The number of aliphatic hydroxyl groups excluding tert-OH is 1. The molecule has 0 aromatic heterocycles. The van der Waals surface area contributed by atoms with Gasteiger partial charge >= 0.3 is 30.5 Å². The molecule has 187 valence electrons. The minimum absolute atomic E-state index is 0. The maximum absolute atomic E-state index is 12.9. The second-order valence-corrected chi connectivity index (χ2v) is 4.58. The van der Waals surface area contributed by atoms with Crippen molar-refractivity contribution in [2.75, 3.05) is 7.11 Å². The minimum Gasteiger partial charge on any atom is -0.400 e. The van der Waals surface area contributed by atoms with Crippen LogP contribution in [0.25, 0.3) is 0 Å². The molecule has 0 aliphatic rings. The quantitative estimate of drug-likeness (QED) is 0.305. The van der Waals surface area contributed by atoms with Gasteiger partial charge in [0.05, 0.1) is 0 Å². The Hall–Kier alpha value is -0.557. The number of ether oxygens (including phenoxy) is 3. The predicted octanol–water partition coefficient (Wildman–Crippen LogP) is 3.84. The summed E-state index contributed by atoms with van der Waals surface area (Å²) in [4.78, 5) is 0. The summed E-state index contributed by atoms with van der Waals surface area (Å²) in [6.45, 7) is -0.486. The summed E-state index contributed by atoms with van der Waals surface area (Å²) in [6.07, 6.45) is -43.1. The fourth-order valence-electron chi connectivity index (χ4n) is 0.851. The number of hydrogen-bond donors (Lipinski definition) is 2. The monoisotopic (exact) mass is 579 g/mol. The molecule has 2 atom stereocenters. The summed E-state index contributed by atoms with van der Waals surface area (Å²) in [5, 5.41) is 14.6. The molecular weight excluding hydrogens is 569 g/mol. The van der Waals surface area contributed by atoms with Crippen molar-refractivity contribution in [1.82, 2.24) is 0 Å². The molecule has 1 radical (unpaired) electrons. The summed E-state index contributed by atoms with van der Waals surface area (Å²) in [5.41, 5.74) is 0. The van der Waals surface area contributed by atoms with E-state index in [0.717, 1.165) is 7.11 Å². The van der Waals surface area contributed by atoms with Crippen LogP contribution < -0.4 is 0 Å². The van der Waals surface area contributed by atoms with E-state index in [-0.39, 0.29) is 19.5 Å². The van der Waals surface area contributed by atoms with Crippen LogP contribution in [0.5, 0.6) is 0 Å². The third-order valence-corrected chi connectivity index (χ3v) is 2.11. The SMILES string of the molecule is CC(F)(F)C(F)OC(F)(F)C(F)(F)OC(F)(F)C(F)(F)OC(F)C(O)(F)F.CO.[Rh]. The molecule has 0 amide bonds. The van der Waals surface area contributed by atoms with Gasteiger partial charge in [-0.1, -0.05) is 0 Å². The number of hydrogen-bond acceptors (Lipinski definition) is 5. The Morgan fingerprint density at radius 2 is 0.867 bits per heavy atom. The van der Waals surface area contributed by atoms with Gasteiger partial charge in [-0.25, -0.2) is 22.3 Å². The first kappa shape index (κ1) is 34.1. The zero-order valence-electron chi connectivity index (χ0n) is 13.9. The minimum atomic E-state index is -7.06. The van der Waals surface area contributed by atoms with Gasteiger partial charge in [0.2, 0.25) is 0 Å². The Bertz CT molecular complexity index is 464. The van der Waals surface area contributed by atoms with E-state index in [4.69, 9.17) is 10.2 Å². The third kappa shape index (κ3) is 9.29. The van der Waals surface area contributed by atoms with Gasteiger partial charge in [0.1, 0.15) is 0 Å². The molecule has 0 aromatic rings. The number of rotatable bonds is 10. The molecule has 5 nitrogen and oxygen atoms in total. The zero-order chi connectivity index (χ0) is 24.3. The summed E-state index contributed by atoms with van der Waals surface area (Å²) >= 11 is 0. The normalized spacial score (nSPS) is 16.2. The van der Waals surface area contributed by atoms with Crippen molar-refractivity contribution in [3.05, 3.63) is 0 Å². The van der Waals surface area contributed by atoms with E-state index in [2.05, 4.69) is 4.74 Å². The molecule has 0 rings (SSSR count). The van der Waals surface area contributed by atoms with E-state index < -0.39 is 56.1 Å². The van der Waals surface area contributed by atoms with E-state index in [1.165, 1.54) is 0 Å². The Labute approximate surface area is 169 Å². The zero-order valence-corrected chi connectivity index (χ0v) is 15.5. The maximum atomic E-state index is 12.9. The van der Waals surface area contributed by atoms with Gasteiger partial charge in [-0.3, -0.25) is 9.47 Å². The van der Waals surface area contributed by atoms with Crippen LogP contribution in [-0.4, -0.2) is 66.5 Å². The van der Waals surface area contributed by atoms with Crippen LogP contribution in [-0.2, 0) is 33.7 Å². The standard InChI is InChI=1S/C9H6F14O4.CH4O.Rh/c1-4(12,13)2(10)25-6(16,17)8(20,21)27-9(22,23)7(18,19)26-3(11)5(14,15)24;1-2;/h2-3,24H,1H3;2H,1H3;. The van der Waals surface area contributed by atoms with Crippen LogP contribution >= 0.6 is 0 Å². The summed E-state index contributed by atoms with van der Waals surface area (Å²) in [5.74, 6) is -4.90. The first-order valence-electron chi connectivity index (χ1n) is 6.24. The molecule has 2 unspecified atom stereocenters. The number of alkyl halides is 14. The van der Waals surface area contributed by atoms with Gasteiger partial charge in [0.25, 0.3) is 18.6 Å². The molecule has 0 saturated carbocycles. The van der Waals surface area contributed by atoms with E-state index in [0.29, 0.717) is 0 Å². The largest absolute Gasteiger partial charge is 0.453 e. The van der Waals surface area contributed by atoms with Crippen LogP contribution in [0, 0.1) is 0 Å². The Kier molecular flexibility index (Phi) is 12.3. The molecule has 0 aromatic carbocycles. The second-order valence-electron chi connectivity index (χ2n) is 4.58. The van der Waals surface area contributed by atoms with Crippen molar-refractivity contribution in [3.8, 4) is 0 Å². The van der Waals surface area contributed by atoms with Gasteiger partial charge in [-0.2, -0.15) is 43.9 Å². The van der Waals surface area contributed by atoms with Gasteiger partial charge in [0, 0.05) is 33.5 Å². The summed E-state index contributed by atoms with van der Waals surface area (Å²) < 4.78 is 182. The fraction of sp³-hybridized carbons (Fsp3) is 1.00. The Balaban J connectivity index is -0.00000235. The Morgan fingerprint density at radius 1 is 0.600 bits per heavy atom. The number of halogens is 14. The average molecular weight is 579 g/mol. The van der Waals surface area contributed by atoms with Crippen molar-refractivity contribution < 1.29 is 105 Å². The molecule has 0 spiro atoms. The molecule has 0 bridgehead atoms. The van der Waals surface area contributed by atoms with E-state index in [9.17, 15) is 61.5 Å². The molecule has 30 heavy (non-hydrogen) atoms. The van der Waals surface area contributed by atoms with Crippen LogP contribution in [0.3, 0.4) is 0 Å². The van der Waals surface area contributed by atoms with Gasteiger partial charge < -0.3 is 10.2 Å². The molecule has 20 heteroatoms. The van der Waals surface area contributed by atoms with Crippen molar-refractivity contribution >= 4 is 0 Å². The van der Waals surface area contributed by atoms with E-state index in [1.54, 1.807) is 4.74 Å².